The predicted octanol–water partition coefficient (Wildman–Crippen LogP) is 17.4. The second-order valence-corrected chi connectivity index (χ2v) is 19.1. The maximum atomic E-state index is 6.56. The molecule has 1 saturated carbocycles. The normalized spacial score (nSPS) is 17.8. The Morgan fingerprint density at radius 3 is 1.44 bits per heavy atom. The summed E-state index contributed by atoms with van der Waals surface area (Å²) in [7, 11) is 0. The van der Waals surface area contributed by atoms with E-state index < -0.39 is 0 Å². The molecule has 10 aromatic carbocycles. The third kappa shape index (κ3) is 5.91. The van der Waals surface area contributed by atoms with E-state index >= 15 is 0 Å². The Hall–Kier alpha value is -8.14. The van der Waals surface area contributed by atoms with E-state index in [1.54, 1.807) is 0 Å². The summed E-state index contributed by atoms with van der Waals surface area (Å²) in [6.07, 6.45) is 4.60. The summed E-state index contributed by atoms with van der Waals surface area (Å²) < 4.78 is 6.56. The molecule has 3 nitrogen and oxygen atoms in total. The fraction of sp³-hybridized carbons (Fsp3) is 0.108. The number of furan rings is 1. The molecule has 3 unspecified atom stereocenters. The van der Waals surface area contributed by atoms with Crippen LogP contribution in [-0.4, -0.2) is 0 Å². The Kier molecular flexibility index (Phi) is 8.89. The summed E-state index contributed by atoms with van der Waals surface area (Å²) >= 11 is 0. The summed E-state index contributed by atoms with van der Waals surface area (Å²) in [4.78, 5) is 5.07. The predicted molar refractivity (Wildman–Crippen MR) is 282 cm³/mol. The van der Waals surface area contributed by atoms with Gasteiger partial charge in [0.1, 0.15) is 11.2 Å². The van der Waals surface area contributed by atoms with Gasteiger partial charge in [0.15, 0.2) is 0 Å². The largest absolute Gasteiger partial charge is 0.456 e. The molecule has 0 aliphatic heterocycles. The Labute approximate surface area is 397 Å². The molecule has 11 aromatic rings. The Bertz CT molecular complexity index is 3700. The smallest absolute Gasteiger partial charge is 0.137 e. The minimum Gasteiger partial charge on any atom is -0.456 e. The van der Waals surface area contributed by atoms with E-state index in [0.717, 1.165) is 57.5 Å². The molecular formula is C65H48N2O. The van der Waals surface area contributed by atoms with Crippen molar-refractivity contribution in [3.8, 4) is 22.3 Å². The molecule has 0 bridgehead atoms. The fourth-order valence-corrected chi connectivity index (χ4v) is 13.0. The van der Waals surface area contributed by atoms with Crippen LogP contribution >= 0.6 is 0 Å². The van der Waals surface area contributed by atoms with Gasteiger partial charge in [-0.1, -0.05) is 146 Å². The quantitative estimate of drug-likeness (QED) is 0.152. The highest BCUT2D eigenvalue weighted by atomic mass is 16.3. The number of hydrogen-bond donors (Lipinski definition) is 0. The number of hydrogen-bond acceptors (Lipinski definition) is 3. The van der Waals surface area contributed by atoms with Crippen LogP contribution in [0.15, 0.2) is 235 Å². The number of nitrogens with zero attached hydrogens (tertiary/aromatic N) is 2. The standard InChI is InChI=1S/C65H48N2O/c1-4-16-43(17-5-1)57-40-45-18-10-11-19-46(45)41-58(57)44-30-34-53(35-31-44)66(51-22-6-2-7-23-51)59-27-14-20-47-38-49-32-33-50-39-48-21-15-28-60(64(48)65(49,50)63(47)59)67(52-24-8-3-9-25-52)54-36-37-56-55-26-12-13-29-61(55)68-62(56)42-54/h1-31,34-37,40-42,49-50H,32-33,38-39H2. The fourth-order valence-electron chi connectivity index (χ4n) is 13.0. The van der Waals surface area contributed by atoms with Gasteiger partial charge in [0.05, 0.1) is 11.4 Å². The molecule has 14 rings (SSSR count). The van der Waals surface area contributed by atoms with Gasteiger partial charge in [-0.25, -0.2) is 0 Å². The molecule has 0 saturated heterocycles. The molecule has 3 atom stereocenters. The number of rotatable bonds is 8. The number of para-hydroxylation sites is 3. The molecule has 68 heavy (non-hydrogen) atoms. The molecule has 3 heteroatoms. The molecule has 324 valence electrons. The SMILES string of the molecule is c1ccc(-c2cc3ccccc3cc2-c2ccc(N(c3ccccc3)c3cccc4c3C35c6c(cccc6N(c6ccccc6)c6ccc7c(c6)oc6ccccc67)CC3CCC5C4)cc2)cc1. The van der Waals surface area contributed by atoms with Crippen molar-refractivity contribution >= 4 is 66.8 Å². The minimum atomic E-state index is -0.170. The first-order valence-electron chi connectivity index (χ1n) is 24.3. The summed E-state index contributed by atoms with van der Waals surface area (Å²) in [6.45, 7) is 0. The average molecular weight is 873 g/mol. The minimum absolute atomic E-state index is 0.170. The van der Waals surface area contributed by atoms with E-state index in [4.69, 9.17) is 4.42 Å². The van der Waals surface area contributed by atoms with Crippen LogP contribution in [0.1, 0.15) is 35.1 Å². The van der Waals surface area contributed by atoms with Gasteiger partial charge in [0.25, 0.3) is 0 Å². The molecular weight excluding hydrogens is 825 g/mol. The molecule has 1 fully saturated rings. The van der Waals surface area contributed by atoms with Gasteiger partial charge in [-0.3, -0.25) is 0 Å². The van der Waals surface area contributed by atoms with Crippen LogP contribution in [0.2, 0.25) is 0 Å². The molecule has 1 spiro atoms. The highest BCUT2D eigenvalue weighted by Gasteiger charge is 2.62. The number of anilines is 6. The van der Waals surface area contributed by atoms with E-state index in [-0.39, 0.29) is 5.41 Å². The van der Waals surface area contributed by atoms with Crippen LogP contribution in [0.25, 0.3) is 55.0 Å². The molecule has 3 aliphatic carbocycles. The maximum absolute atomic E-state index is 6.56. The van der Waals surface area contributed by atoms with E-state index in [9.17, 15) is 0 Å². The Balaban J connectivity index is 0.951. The summed E-state index contributed by atoms with van der Waals surface area (Å²) in [6, 6.07) is 85.1. The molecule has 0 N–H and O–H groups in total. The van der Waals surface area contributed by atoms with Crippen LogP contribution in [0.5, 0.6) is 0 Å². The highest BCUT2D eigenvalue weighted by molar-refractivity contribution is 6.06. The third-order valence-corrected chi connectivity index (χ3v) is 15.7. The number of fused-ring (bicyclic) bond motifs is 6. The second-order valence-electron chi connectivity index (χ2n) is 19.1. The maximum Gasteiger partial charge on any atom is 0.137 e. The van der Waals surface area contributed by atoms with Crippen molar-refractivity contribution in [2.75, 3.05) is 9.80 Å². The molecule has 0 amide bonds. The lowest BCUT2D eigenvalue weighted by Gasteiger charge is -2.40. The van der Waals surface area contributed by atoms with Gasteiger partial charge >= 0.3 is 0 Å². The first-order chi connectivity index (χ1) is 33.7. The van der Waals surface area contributed by atoms with Gasteiger partial charge in [0, 0.05) is 45.0 Å². The van der Waals surface area contributed by atoms with Gasteiger partial charge < -0.3 is 14.2 Å². The number of benzene rings is 10. The van der Waals surface area contributed by atoms with Crippen LogP contribution in [0, 0.1) is 11.8 Å². The van der Waals surface area contributed by atoms with Crippen molar-refractivity contribution in [1.29, 1.82) is 0 Å². The first kappa shape index (κ1) is 39.1. The zero-order valence-corrected chi connectivity index (χ0v) is 37.7. The summed E-state index contributed by atoms with van der Waals surface area (Å²) in [5.74, 6) is 0.983. The monoisotopic (exact) mass is 872 g/mol. The van der Waals surface area contributed by atoms with Crippen LogP contribution in [0.3, 0.4) is 0 Å². The van der Waals surface area contributed by atoms with Gasteiger partial charge in [-0.2, -0.15) is 0 Å². The van der Waals surface area contributed by atoms with Crippen molar-refractivity contribution in [3.05, 3.63) is 253 Å². The molecule has 3 aliphatic rings. The van der Waals surface area contributed by atoms with Crippen molar-refractivity contribution in [1.82, 2.24) is 0 Å². The van der Waals surface area contributed by atoms with Crippen molar-refractivity contribution in [2.24, 2.45) is 11.8 Å². The third-order valence-electron chi connectivity index (χ3n) is 15.7. The second kappa shape index (κ2) is 15.5. The zero-order valence-electron chi connectivity index (χ0n) is 37.7. The van der Waals surface area contributed by atoms with E-state index in [1.165, 1.54) is 79.5 Å². The lowest BCUT2D eigenvalue weighted by Crippen LogP contribution is -2.34. The molecule has 1 aromatic heterocycles. The average Bonchev–Trinajstić information content (AvgIpc) is 4.14. The van der Waals surface area contributed by atoms with Gasteiger partial charge in [0.2, 0.25) is 0 Å². The molecule has 1 heterocycles. The molecule has 0 radical (unpaired) electrons. The summed E-state index contributed by atoms with van der Waals surface area (Å²) in [5.41, 5.74) is 19.6. The van der Waals surface area contributed by atoms with Crippen molar-refractivity contribution in [3.63, 3.8) is 0 Å². The van der Waals surface area contributed by atoms with Crippen LogP contribution in [0.4, 0.5) is 34.1 Å². The lowest BCUT2D eigenvalue weighted by molar-refractivity contribution is 0.350. The van der Waals surface area contributed by atoms with E-state index in [1.807, 2.05) is 0 Å². The van der Waals surface area contributed by atoms with Gasteiger partial charge in [-0.05, 0) is 172 Å². The summed E-state index contributed by atoms with van der Waals surface area (Å²) in [5, 5.41) is 4.78. The van der Waals surface area contributed by atoms with E-state index in [0.29, 0.717) is 11.8 Å². The van der Waals surface area contributed by atoms with Crippen LogP contribution < -0.4 is 9.80 Å². The highest BCUT2D eigenvalue weighted by Crippen LogP contribution is 2.69. The van der Waals surface area contributed by atoms with E-state index in [2.05, 4.69) is 240 Å². The Morgan fingerprint density at radius 2 is 0.838 bits per heavy atom. The van der Waals surface area contributed by atoms with Crippen molar-refractivity contribution in [2.45, 2.75) is 31.1 Å². The lowest BCUT2D eigenvalue weighted by atomic mass is 9.68. The Morgan fingerprint density at radius 1 is 0.368 bits per heavy atom. The topological polar surface area (TPSA) is 19.6 Å². The zero-order chi connectivity index (χ0) is 44.8. The van der Waals surface area contributed by atoms with Gasteiger partial charge in [-0.15, -0.1) is 0 Å². The van der Waals surface area contributed by atoms with Crippen molar-refractivity contribution < 1.29 is 4.42 Å². The first-order valence-corrected chi connectivity index (χ1v) is 24.3. The van der Waals surface area contributed by atoms with Crippen LogP contribution in [-0.2, 0) is 18.3 Å².